The van der Waals surface area contributed by atoms with Crippen molar-refractivity contribution in [3.63, 3.8) is 0 Å². The number of nitrogens with one attached hydrogen (secondary N) is 2. The first-order chi connectivity index (χ1) is 9.61. The van der Waals surface area contributed by atoms with E-state index in [-0.39, 0.29) is 11.7 Å². The lowest BCUT2D eigenvalue weighted by molar-refractivity contribution is 0.0946. The van der Waals surface area contributed by atoms with E-state index in [0.717, 1.165) is 0 Å². The van der Waals surface area contributed by atoms with Gasteiger partial charge in [0.05, 0.1) is 17.7 Å². The highest BCUT2D eigenvalue weighted by Gasteiger charge is 2.08. The molecule has 0 radical (unpaired) electrons. The normalized spacial score (nSPS) is 9.85. The summed E-state index contributed by atoms with van der Waals surface area (Å²) in [4.78, 5) is 12.4. The smallest absolute Gasteiger partial charge is 0.279 e. The van der Waals surface area contributed by atoms with E-state index in [1.807, 2.05) is 5.38 Å². The van der Waals surface area contributed by atoms with Gasteiger partial charge in [-0.3, -0.25) is 15.6 Å². The fourth-order valence-electron chi connectivity index (χ4n) is 1.54. The van der Waals surface area contributed by atoms with E-state index in [1.54, 1.807) is 24.3 Å². The van der Waals surface area contributed by atoms with Gasteiger partial charge < -0.3 is 9.84 Å². The minimum absolute atomic E-state index is 0.0478. The van der Waals surface area contributed by atoms with Crippen LogP contribution in [0.1, 0.15) is 15.2 Å². The highest BCUT2D eigenvalue weighted by molar-refractivity contribution is 7.12. The largest absolute Gasteiger partial charge is 0.504 e. The number of aromatic hydroxyl groups is 1. The molecule has 0 atom stereocenters. The number of amides is 1. The SMILES string of the molecule is C=C(NNC(=O)c1cccs1)c1ccc(O)c(OC)c1. The average Bonchev–Trinajstić information content (AvgIpc) is 2.99. The number of methoxy groups -OCH3 is 1. The van der Waals surface area contributed by atoms with Crippen LogP contribution in [0.5, 0.6) is 11.5 Å². The predicted octanol–water partition coefficient (Wildman–Crippen LogP) is 2.37. The second-order valence-electron chi connectivity index (χ2n) is 3.92. The standard InChI is InChI=1S/C14H14N2O3S/c1-9(10-5-6-11(17)12(8-10)19-2)15-16-14(18)13-4-3-7-20-13/h3-8,15,17H,1H2,2H3,(H,16,18). The molecule has 3 N–H and O–H groups in total. The first kappa shape index (κ1) is 14.0. The van der Waals surface area contributed by atoms with Crippen LogP contribution in [-0.2, 0) is 0 Å². The van der Waals surface area contributed by atoms with Crippen LogP contribution in [-0.4, -0.2) is 18.1 Å². The van der Waals surface area contributed by atoms with Gasteiger partial charge in [-0.1, -0.05) is 12.6 Å². The lowest BCUT2D eigenvalue weighted by atomic mass is 10.1. The van der Waals surface area contributed by atoms with Crippen LogP contribution in [0.3, 0.4) is 0 Å². The van der Waals surface area contributed by atoms with Crippen molar-refractivity contribution in [3.05, 3.63) is 52.7 Å². The van der Waals surface area contributed by atoms with Gasteiger partial charge in [0.2, 0.25) is 0 Å². The molecule has 0 fully saturated rings. The predicted molar refractivity (Wildman–Crippen MR) is 78.6 cm³/mol. The van der Waals surface area contributed by atoms with E-state index in [1.165, 1.54) is 24.5 Å². The summed E-state index contributed by atoms with van der Waals surface area (Å²) in [7, 11) is 1.47. The molecule has 6 heteroatoms. The van der Waals surface area contributed by atoms with E-state index in [4.69, 9.17) is 4.74 Å². The fourth-order valence-corrected chi connectivity index (χ4v) is 2.16. The fraction of sp³-hybridized carbons (Fsp3) is 0.0714. The third kappa shape index (κ3) is 3.10. The van der Waals surface area contributed by atoms with Gasteiger partial charge in [-0.05, 0) is 29.6 Å². The van der Waals surface area contributed by atoms with Crippen molar-refractivity contribution in [2.75, 3.05) is 7.11 Å². The molecule has 1 aromatic carbocycles. The molecule has 0 saturated heterocycles. The van der Waals surface area contributed by atoms with E-state index < -0.39 is 0 Å². The Balaban J connectivity index is 2.00. The van der Waals surface area contributed by atoms with Crippen molar-refractivity contribution < 1.29 is 14.6 Å². The highest BCUT2D eigenvalue weighted by Crippen LogP contribution is 2.28. The molecule has 0 spiro atoms. The Hall–Kier alpha value is -2.47. The molecule has 0 bridgehead atoms. The number of phenolic OH excluding ortho intramolecular Hbond substituents is 1. The number of hydrazine groups is 1. The lowest BCUT2D eigenvalue weighted by Crippen LogP contribution is -2.35. The monoisotopic (exact) mass is 290 g/mol. The van der Waals surface area contributed by atoms with Crippen LogP contribution >= 0.6 is 11.3 Å². The van der Waals surface area contributed by atoms with Crippen molar-refractivity contribution in [1.82, 2.24) is 10.9 Å². The summed E-state index contributed by atoms with van der Waals surface area (Å²) >= 11 is 1.35. The van der Waals surface area contributed by atoms with E-state index in [2.05, 4.69) is 17.4 Å². The molecule has 1 aromatic heterocycles. The quantitative estimate of drug-likeness (QED) is 0.739. The minimum atomic E-state index is -0.230. The molecule has 5 nitrogen and oxygen atoms in total. The number of rotatable bonds is 5. The van der Waals surface area contributed by atoms with Gasteiger partial charge in [-0.25, -0.2) is 0 Å². The number of carbonyl (C=O) groups excluding carboxylic acids is 1. The molecule has 0 aliphatic heterocycles. The number of hydrogen-bond acceptors (Lipinski definition) is 5. The van der Waals surface area contributed by atoms with Gasteiger partial charge in [0.15, 0.2) is 11.5 Å². The Morgan fingerprint density at radius 2 is 2.15 bits per heavy atom. The summed E-state index contributed by atoms with van der Waals surface area (Å²) in [6.07, 6.45) is 0. The number of hydrogen-bond donors (Lipinski definition) is 3. The van der Waals surface area contributed by atoms with Gasteiger partial charge >= 0.3 is 0 Å². The second kappa shape index (κ2) is 6.12. The maximum absolute atomic E-state index is 11.7. The Bertz CT molecular complexity index is 623. The molecule has 0 aliphatic carbocycles. The first-order valence-corrected chi connectivity index (χ1v) is 6.66. The lowest BCUT2D eigenvalue weighted by Gasteiger charge is -2.12. The Kier molecular flexibility index (Phi) is 4.27. The van der Waals surface area contributed by atoms with Gasteiger partial charge in [0.25, 0.3) is 5.91 Å². The zero-order chi connectivity index (χ0) is 14.5. The summed E-state index contributed by atoms with van der Waals surface area (Å²) in [5.74, 6) is 0.161. The maximum atomic E-state index is 11.7. The van der Waals surface area contributed by atoms with Crippen molar-refractivity contribution in [3.8, 4) is 11.5 Å². The van der Waals surface area contributed by atoms with Crippen molar-refractivity contribution in [1.29, 1.82) is 0 Å². The molecule has 104 valence electrons. The van der Waals surface area contributed by atoms with Crippen LogP contribution in [0, 0.1) is 0 Å². The number of phenols is 1. The zero-order valence-corrected chi connectivity index (χ0v) is 11.7. The van der Waals surface area contributed by atoms with Crippen LogP contribution in [0.25, 0.3) is 5.70 Å². The zero-order valence-electron chi connectivity index (χ0n) is 10.8. The van der Waals surface area contributed by atoms with E-state index >= 15 is 0 Å². The summed E-state index contributed by atoms with van der Waals surface area (Å²) in [6.45, 7) is 3.82. The highest BCUT2D eigenvalue weighted by atomic mass is 32.1. The summed E-state index contributed by atoms with van der Waals surface area (Å²) in [6, 6.07) is 8.34. The van der Waals surface area contributed by atoms with E-state index in [0.29, 0.717) is 21.9 Å². The number of thiophene rings is 1. The molecule has 2 rings (SSSR count). The Morgan fingerprint density at radius 1 is 1.35 bits per heavy atom. The number of carbonyl (C=O) groups is 1. The maximum Gasteiger partial charge on any atom is 0.279 e. The molecular formula is C14H14N2O3S. The molecular weight excluding hydrogens is 276 g/mol. The summed E-state index contributed by atoms with van der Waals surface area (Å²) in [5.41, 5.74) is 6.48. The Morgan fingerprint density at radius 3 is 2.80 bits per heavy atom. The van der Waals surface area contributed by atoms with Crippen molar-refractivity contribution >= 4 is 22.9 Å². The third-order valence-electron chi connectivity index (χ3n) is 2.60. The van der Waals surface area contributed by atoms with Gasteiger partial charge in [-0.15, -0.1) is 11.3 Å². The van der Waals surface area contributed by atoms with Gasteiger partial charge in [-0.2, -0.15) is 0 Å². The minimum Gasteiger partial charge on any atom is -0.504 e. The van der Waals surface area contributed by atoms with Gasteiger partial charge in [0, 0.05) is 5.56 Å². The van der Waals surface area contributed by atoms with Crippen molar-refractivity contribution in [2.24, 2.45) is 0 Å². The molecule has 0 aliphatic rings. The summed E-state index contributed by atoms with van der Waals surface area (Å²) in [5, 5.41) is 11.3. The topological polar surface area (TPSA) is 70.6 Å². The molecule has 1 amide bonds. The third-order valence-corrected chi connectivity index (χ3v) is 3.47. The van der Waals surface area contributed by atoms with E-state index in [9.17, 15) is 9.90 Å². The van der Waals surface area contributed by atoms with Crippen LogP contribution in [0.15, 0.2) is 42.3 Å². The summed E-state index contributed by atoms with van der Waals surface area (Å²) < 4.78 is 5.02. The molecule has 20 heavy (non-hydrogen) atoms. The Labute approximate surface area is 120 Å². The molecule has 0 unspecified atom stereocenters. The van der Waals surface area contributed by atoms with Gasteiger partial charge in [0.1, 0.15) is 0 Å². The van der Waals surface area contributed by atoms with Crippen LogP contribution in [0.4, 0.5) is 0 Å². The van der Waals surface area contributed by atoms with Crippen molar-refractivity contribution in [2.45, 2.75) is 0 Å². The molecule has 1 heterocycles. The number of ether oxygens (including phenoxy) is 1. The average molecular weight is 290 g/mol. The number of benzene rings is 1. The molecule has 2 aromatic rings. The molecule has 0 saturated carbocycles. The van der Waals surface area contributed by atoms with Crippen LogP contribution in [0.2, 0.25) is 0 Å². The second-order valence-corrected chi connectivity index (χ2v) is 4.87. The first-order valence-electron chi connectivity index (χ1n) is 5.78. The van der Waals surface area contributed by atoms with Crippen LogP contribution < -0.4 is 15.6 Å².